The van der Waals surface area contributed by atoms with Gasteiger partial charge in [0, 0.05) is 12.1 Å². The maximum atomic E-state index is 12.6. The summed E-state index contributed by atoms with van der Waals surface area (Å²) in [5.41, 5.74) is 1.52. The Labute approximate surface area is 205 Å². The van der Waals surface area contributed by atoms with Crippen LogP contribution in [0.2, 0.25) is 0 Å². The zero-order valence-electron chi connectivity index (χ0n) is 20.0. The fourth-order valence-electron chi connectivity index (χ4n) is 3.82. The molecule has 1 heterocycles. The second-order valence-corrected chi connectivity index (χ2v) is 10.6. The molecule has 0 aliphatic rings. The molecule has 0 saturated carbocycles. The van der Waals surface area contributed by atoms with Gasteiger partial charge in [-0.3, -0.25) is 0 Å². The molecule has 3 N–H and O–H groups in total. The molecule has 0 spiro atoms. The standard InChI is InChI=1S/C27H34N2O4S/c1-27(2,3)33-26(32)29-23(15-20-12-8-5-9-13-20)24(31)16-21(14-19-10-6-4-7-11-19)25-28-17-22(18-30)34-25/h4-13,17,21,23-24,30-31H,14-16,18H2,1-3H3,(H,29,32)/t21?,23-,24-/m0/s1. The fourth-order valence-corrected chi connectivity index (χ4v) is 4.71. The van der Waals surface area contributed by atoms with Crippen LogP contribution in [-0.4, -0.2) is 39.0 Å². The molecular formula is C27H34N2O4S. The van der Waals surface area contributed by atoms with Gasteiger partial charge in [0.2, 0.25) is 0 Å². The fraction of sp³-hybridized carbons (Fsp3) is 0.407. The van der Waals surface area contributed by atoms with Crippen molar-refractivity contribution in [2.24, 2.45) is 0 Å². The minimum atomic E-state index is -0.831. The van der Waals surface area contributed by atoms with Gasteiger partial charge in [0.15, 0.2) is 0 Å². The molecule has 3 rings (SSSR count). The van der Waals surface area contributed by atoms with Crippen LogP contribution in [0.5, 0.6) is 0 Å². The molecule has 7 heteroatoms. The third-order valence-corrected chi connectivity index (χ3v) is 6.54. The molecule has 1 amide bonds. The molecule has 1 aromatic heterocycles. The summed E-state index contributed by atoms with van der Waals surface area (Å²) in [6, 6.07) is 19.3. The monoisotopic (exact) mass is 482 g/mol. The number of hydrogen-bond donors (Lipinski definition) is 3. The average molecular weight is 483 g/mol. The van der Waals surface area contributed by atoms with E-state index in [1.807, 2.05) is 69.3 Å². The quantitative estimate of drug-likeness (QED) is 0.384. The number of carbonyl (C=O) groups is 1. The lowest BCUT2D eigenvalue weighted by molar-refractivity contribution is 0.0405. The first-order valence-electron chi connectivity index (χ1n) is 11.5. The first-order chi connectivity index (χ1) is 16.2. The van der Waals surface area contributed by atoms with Gasteiger partial charge in [0.25, 0.3) is 0 Å². The first-order valence-corrected chi connectivity index (χ1v) is 12.4. The van der Waals surface area contributed by atoms with Crippen LogP contribution in [0, 0.1) is 0 Å². The van der Waals surface area contributed by atoms with Crippen molar-refractivity contribution < 1.29 is 19.7 Å². The van der Waals surface area contributed by atoms with Crippen LogP contribution in [0.25, 0.3) is 0 Å². The molecule has 3 atom stereocenters. The van der Waals surface area contributed by atoms with Gasteiger partial charge in [-0.05, 0) is 51.2 Å². The second kappa shape index (κ2) is 12.1. The van der Waals surface area contributed by atoms with E-state index in [9.17, 15) is 15.0 Å². The number of nitrogens with one attached hydrogen (secondary N) is 1. The number of thiazole rings is 1. The Bertz CT molecular complexity index is 1020. The van der Waals surface area contributed by atoms with E-state index in [-0.39, 0.29) is 12.5 Å². The minimum absolute atomic E-state index is 0.0604. The van der Waals surface area contributed by atoms with Crippen molar-refractivity contribution in [1.82, 2.24) is 10.3 Å². The van der Waals surface area contributed by atoms with E-state index < -0.39 is 23.8 Å². The zero-order chi connectivity index (χ0) is 24.6. The zero-order valence-corrected chi connectivity index (χ0v) is 20.8. The number of benzene rings is 2. The molecule has 1 unspecified atom stereocenters. The van der Waals surface area contributed by atoms with Gasteiger partial charge < -0.3 is 20.3 Å². The maximum absolute atomic E-state index is 12.6. The topological polar surface area (TPSA) is 91.7 Å². The number of rotatable bonds is 10. The van der Waals surface area contributed by atoms with Crippen molar-refractivity contribution in [3.8, 4) is 0 Å². The summed E-state index contributed by atoms with van der Waals surface area (Å²) in [6.45, 7) is 5.38. The normalized spacial score (nSPS) is 14.3. The average Bonchev–Trinajstić information content (AvgIpc) is 3.28. The summed E-state index contributed by atoms with van der Waals surface area (Å²) < 4.78 is 5.46. The smallest absolute Gasteiger partial charge is 0.407 e. The van der Waals surface area contributed by atoms with E-state index in [1.54, 1.807) is 6.20 Å². The van der Waals surface area contributed by atoms with Gasteiger partial charge in [0.05, 0.1) is 28.6 Å². The number of nitrogens with zero attached hydrogens (tertiary/aromatic N) is 1. The summed E-state index contributed by atoms with van der Waals surface area (Å²) in [5, 5.41) is 24.6. The molecule has 0 aliphatic carbocycles. The molecule has 34 heavy (non-hydrogen) atoms. The summed E-state index contributed by atoms with van der Waals surface area (Å²) >= 11 is 1.46. The van der Waals surface area contributed by atoms with E-state index in [2.05, 4.69) is 22.4 Å². The van der Waals surface area contributed by atoms with Gasteiger partial charge >= 0.3 is 6.09 Å². The number of ether oxygens (including phenoxy) is 1. The lowest BCUT2D eigenvalue weighted by Crippen LogP contribution is -2.47. The van der Waals surface area contributed by atoms with Crippen LogP contribution >= 0.6 is 11.3 Å². The van der Waals surface area contributed by atoms with Gasteiger partial charge in [-0.2, -0.15) is 0 Å². The molecule has 182 valence electrons. The van der Waals surface area contributed by atoms with Crippen LogP contribution in [0.3, 0.4) is 0 Å². The maximum Gasteiger partial charge on any atom is 0.407 e. The Hall–Kier alpha value is -2.74. The van der Waals surface area contributed by atoms with Crippen molar-refractivity contribution in [1.29, 1.82) is 0 Å². The van der Waals surface area contributed by atoms with Gasteiger partial charge in [-0.15, -0.1) is 11.3 Å². The summed E-state index contributed by atoms with van der Waals surface area (Å²) in [7, 11) is 0. The molecule has 0 radical (unpaired) electrons. The number of carbonyl (C=O) groups excluding carboxylic acids is 1. The van der Waals surface area contributed by atoms with E-state index >= 15 is 0 Å². The van der Waals surface area contributed by atoms with E-state index in [0.29, 0.717) is 19.3 Å². The summed E-state index contributed by atoms with van der Waals surface area (Å²) in [5.74, 6) is -0.0681. The number of amides is 1. The Kier molecular flexibility index (Phi) is 9.21. The van der Waals surface area contributed by atoms with Crippen LogP contribution in [0.4, 0.5) is 4.79 Å². The minimum Gasteiger partial charge on any atom is -0.444 e. The van der Waals surface area contributed by atoms with Crippen molar-refractivity contribution in [2.75, 3.05) is 0 Å². The highest BCUT2D eigenvalue weighted by Gasteiger charge is 2.29. The SMILES string of the molecule is CC(C)(C)OC(=O)N[C@@H](Cc1ccccc1)[C@@H](O)CC(Cc1ccccc1)c1ncc(CO)s1. The largest absolute Gasteiger partial charge is 0.444 e. The molecule has 6 nitrogen and oxygen atoms in total. The van der Waals surface area contributed by atoms with E-state index in [0.717, 1.165) is 21.0 Å². The van der Waals surface area contributed by atoms with E-state index in [4.69, 9.17) is 4.74 Å². The number of hydrogen-bond acceptors (Lipinski definition) is 6. The predicted molar refractivity (Wildman–Crippen MR) is 135 cm³/mol. The molecule has 0 bridgehead atoms. The molecule has 0 saturated heterocycles. The van der Waals surface area contributed by atoms with Crippen LogP contribution in [0.15, 0.2) is 66.9 Å². The summed E-state index contributed by atoms with van der Waals surface area (Å²) in [4.78, 5) is 17.9. The number of alkyl carbamates (subject to hydrolysis) is 1. The highest BCUT2D eigenvalue weighted by atomic mass is 32.1. The van der Waals surface area contributed by atoms with Crippen LogP contribution in [-0.2, 0) is 24.2 Å². The third-order valence-electron chi connectivity index (χ3n) is 5.39. The van der Waals surface area contributed by atoms with Crippen molar-refractivity contribution in [3.63, 3.8) is 0 Å². The number of aliphatic hydroxyl groups is 2. The number of aromatic nitrogens is 1. The van der Waals surface area contributed by atoms with Crippen molar-refractivity contribution in [3.05, 3.63) is 87.9 Å². The van der Waals surface area contributed by atoms with Crippen LogP contribution in [0.1, 0.15) is 54.1 Å². The Morgan fingerprint density at radius 2 is 1.62 bits per heavy atom. The lowest BCUT2D eigenvalue weighted by Gasteiger charge is -2.29. The summed E-state index contributed by atoms with van der Waals surface area (Å²) in [6.07, 6.45) is 1.87. The van der Waals surface area contributed by atoms with Gasteiger partial charge in [-0.25, -0.2) is 9.78 Å². The second-order valence-electron chi connectivity index (χ2n) is 9.46. The third kappa shape index (κ3) is 8.24. The Morgan fingerprint density at radius 3 is 2.15 bits per heavy atom. The van der Waals surface area contributed by atoms with Crippen molar-refractivity contribution in [2.45, 2.75) is 70.3 Å². The highest BCUT2D eigenvalue weighted by molar-refractivity contribution is 7.11. The molecule has 0 fully saturated rings. The van der Waals surface area contributed by atoms with Crippen LogP contribution < -0.4 is 5.32 Å². The highest BCUT2D eigenvalue weighted by Crippen LogP contribution is 2.30. The van der Waals surface area contributed by atoms with Gasteiger partial charge in [-0.1, -0.05) is 60.7 Å². The van der Waals surface area contributed by atoms with E-state index in [1.165, 1.54) is 11.3 Å². The van der Waals surface area contributed by atoms with Crippen molar-refractivity contribution >= 4 is 17.4 Å². The van der Waals surface area contributed by atoms with Gasteiger partial charge in [0.1, 0.15) is 5.60 Å². The predicted octanol–water partition coefficient (Wildman–Crippen LogP) is 4.85. The molecule has 2 aromatic carbocycles. The molecular weight excluding hydrogens is 448 g/mol. The Balaban J connectivity index is 1.81. The lowest BCUT2D eigenvalue weighted by atomic mass is 9.89. The molecule has 3 aromatic rings. The Morgan fingerprint density at radius 1 is 1.03 bits per heavy atom. The first kappa shape index (κ1) is 25.9. The molecule has 0 aliphatic heterocycles. The number of aliphatic hydroxyl groups excluding tert-OH is 2.